The molecule has 0 radical (unpaired) electrons. The summed E-state index contributed by atoms with van der Waals surface area (Å²) >= 11 is 0. The van der Waals surface area contributed by atoms with E-state index in [1.807, 2.05) is 30.3 Å². The Morgan fingerprint density at radius 1 is 0.444 bits per heavy atom. The number of rotatable bonds is 6. The van der Waals surface area contributed by atoms with Gasteiger partial charge < -0.3 is 0 Å². The van der Waals surface area contributed by atoms with Gasteiger partial charge in [0.2, 0.25) is 0 Å². The summed E-state index contributed by atoms with van der Waals surface area (Å²) in [7, 11) is 0. The predicted octanol–water partition coefficient (Wildman–Crippen LogP) is 12.3. The molecule has 0 atom stereocenters. The van der Waals surface area contributed by atoms with Gasteiger partial charge in [0.15, 0.2) is 0 Å². The Kier molecular flexibility index (Phi) is 7.42. The molecule has 252 valence electrons. The molecule has 0 saturated heterocycles. The summed E-state index contributed by atoms with van der Waals surface area (Å²) in [6.45, 7) is 0. The number of hydrogen-bond donors (Lipinski definition) is 0. The lowest BCUT2D eigenvalue weighted by Gasteiger charge is -2.34. The molecule has 54 heavy (non-hydrogen) atoms. The van der Waals surface area contributed by atoms with Crippen molar-refractivity contribution in [3.63, 3.8) is 0 Å². The Bertz CT molecular complexity index is 2820. The Labute approximate surface area is 314 Å². The van der Waals surface area contributed by atoms with Crippen LogP contribution in [0, 0.1) is 11.3 Å². The van der Waals surface area contributed by atoms with Crippen LogP contribution in [0.5, 0.6) is 0 Å². The summed E-state index contributed by atoms with van der Waals surface area (Å²) in [6.07, 6.45) is 0. The van der Waals surface area contributed by atoms with E-state index < -0.39 is 5.41 Å². The highest BCUT2D eigenvalue weighted by Crippen LogP contribution is 2.58. The molecule has 1 aromatic heterocycles. The van der Waals surface area contributed by atoms with Crippen LogP contribution in [0.4, 0.5) is 0 Å². The zero-order valence-electron chi connectivity index (χ0n) is 29.4. The fourth-order valence-electron chi connectivity index (χ4n) is 8.58. The van der Waals surface area contributed by atoms with Gasteiger partial charge in [-0.1, -0.05) is 152 Å². The van der Waals surface area contributed by atoms with Crippen LogP contribution in [0.15, 0.2) is 200 Å². The summed E-state index contributed by atoms with van der Waals surface area (Å²) in [4.78, 5) is 5.13. The average Bonchev–Trinajstić information content (AvgIpc) is 3.78. The van der Waals surface area contributed by atoms with Gasteiger partial charge >= 0.3 is 0 Å². The minimum absolute atomic E-state index is 0.531. The first-order valence-corrected chi connectivity index (χ1v) is 18.3. The molecule has 9 aromatic rings. The van der Waals surface area contributed by atoms with Crippen molar-refractivity contribution in [2.24, 2.45) is 0 Å². The van der Waals surface area contributed by atoms with Crippen LogP contribution in [-0.2, 0) is 5.41 Å². The molecule has 1 aliphatic carbocycles. The standard InChI is InChI=1S/C51H33N3/c52-34-35-15-14-16-38(31-35)43-32-45-42-23-10-11-24-46(42)51(39-17-4-1-5-18-39,40-19-6-2-7-20-40)47(45)33-44(43)36-27-29-37(30-28-36)50-53-48-25-12-13-26-49(48)54(50)41-21-8-3-9-22-41/h1-33H. The molecule has 3 nitrogen and oxygen atoms in total. The predicted molar refractivity (Wildman–Crippen MR) is 219 cm³/mol. The molecule has 3 heteroatoms. The molecule has 10 rings (SSSR count). The van der Waals surface area contributed by atoms with Gasteiger partial charge in [0, 0.05) is 11.3 Å². The lowest BCUT2D eigenvalue weighted by Crippen LogP contribution is -2.28. The average molecular weight is 688 g/mol. The highest BCUT2D eigenvalue weighted by atomic mass is 15.1. The first-order valence-electron chi connectivity index (χ1n) is 18.3. The second kappa shape index (κ2) is 12.7. The third kappa shape index (κ3) is 4.85. The van der Waals surface area contributed by atoms with Gasteiger partial charge in [0.1, 0.15) is 5.82 Å². The van der Waals surface area contributed by atoms with Crippen molar-refractivity contribution >= 4 is 11.0 Å². The number of imidazole rings is 1. The lowest BCUT2D eigenvalue weighted by atomic mass is 9.67. The van der Waals surface area contributed by atoms with E-state index in [9.17, 15) is 5.26 Å². The van der Waals surface area contributed by atoms with E-state index >= 15 is 0 Å². The number of hydrogen-bond acceptors (Lipinski definition) is 2. The van der Waals surface area contributed by atoms with Gasteiger partial charge in [-0.3, -0.25) is 4.57 Å². The van der Waals surface area contributed by atoms with Gasteiger partial charge in [-0.05, 0) is 104 Å². The number of nitriles is 1. The maximum absolute atomic E-state index is 9.94. The number of benzene rings is 8. The van der Waals surface area contributed by atoms with E-state index in [1.165, 1.54) is 33.4 Å². The number of fused-ring (bicyclic) bond motifs is 4. The van der Waals surface area contributed by atoms with Crippen LogP contribution >= 0.6 is 0 Å². The molecule has 0 spiro atoms. The second-order valence-electron chi connectivity index (χ2n) is 13.8. The Hall–Kier alpha value is -7.28. The summed E-state index contributed by atoms with van der Waals surface area (Å²) in [5, 5.41) is 9.94. The highest BCUT2D eigenvalue weighted by molar-refractivity contribution is 5.95. The zero-order valence-corrected chi connectivity index (χ0v) is 29.4. The lowest BCUT2D eigenvalue weighted by molar-refractivity contribution is 0.769. The second-order valence-corrected chi connectivity index (χ2v) is 13.8. The van der Waals surface area contributed by atoms with E-state index in [1.54, 1.807) is 0 Å². The van der Waals surface area contributed by atoms with Crippen LogP contribution in [0.1, 0.15) is 27.8 Å². The highest BCUT2D eigenvalue weighted by Gasteiger charge is 2.46. The van der Waals surface area contributed by atoms with E-state index in [2.05, 4.69) is 180 Å². The topological polar surface area (TPSA) is 41.6 Å². The summed E-state index contributed by atoms with van der Waals surface area (Å²) in [6, 6.07) is 73.3. The SMILES string of the molecule is N#Cc1cccc(-c2cc3c(cc2-c2ccc(-c4nc5ccccc5n4-c4ccccc4)cc2)C(c2ccccc2)(c2ccccc2)c2ccccc2-3)c1. The molecule has 8 aromatic carbocycles. The summed E-state index contributed by atoms with van der Waals surface area (Å²) in [5.74, 6) is 0.896. The van der Waals surface area contributed by atoms with Crippen molar-refractivity contribution in [2.75, 3.05) is 0 Å². The van der Waals surface area contributed by atoms with Gasteiger partial charge in [-0.25, -0.2) is 4.98 Å². The van der Waals surface area contributed by atoms with Gasteiger partial charge in [-0.2, -0.15) is 5.26 Å². The van der Waals surface area contributed by atoms with Crippen molar-refractivity contribution in [3.05, 3.63) is 228 Å². The maximum atomic E-state index is 9.94. The third-order valence-corrected chi connectivity index (χ3v) is 10.9. The van der Waals surface area contributed by atoms with Gasteiger partial charge in [-0.15, -0.1) is 0 Å². The van der Waals surface area contributed by atoms with E-state index in [4.69, 9.17) is 4.98 Å². The van der Waals surface area contributed by atoms with E-state index in [-0.39, 0.29) is 0 Å². The van der Waals surface area contributed by atoms with E-state index in [0.717, 1.165) is 50.4 Å². The molecule has 0 aliphatic heterocycles. The molecule has 0 saturated carbocycles. The van der Waals surface area contributed by atoms with Crippen LogP contribution in [0.2, 0.25) is 0 Å². The fourth-order valence-corrected chi connectivity index (χ4v) is 8.58. The number of para-hydroxylation sites is 3. The Balaban J connectivity index is 1.23. The molecule has 0 amide bonds. The maximum Gasteiger partial charge on any atom is 0.145 e. The third-order valence-electron chi connectivity index (χ3n) is 10.9. The molecule has 0 N–H and O–H groups in total. The molecular weight excluding hydrogens is 655 g/mol. The monoisotopic (exact) mass is 687 g/mol. The molecule has 0 unspecified atom stereocenters. The van der Waals surface area contributed by atoms with Gasteiger partial charge in [0.05, 0.1) is 28.1 Å². The number of nitrogens with zero attached hydrogens (tertiary/aromatic N) is 3. The molecule has 1 aliphatic rings. The normalized spacial score (nSPS) is 12.6. The van der Waals surface area contributed by atoms with Crippen LogP contribution in [0.3, 0.4) is 0 Å². The summed E-state index contributed by atoms with van der Waals surface area (Å²) < 4.78 is 2.24. The van der Waals surface area contributed by atoms with Crippen LogP contribution < -0.4 is 0 Å². The first-order chi connectivity index (χ1) is 26.7. The van der Waals surface area contributed by atoms with Crippen molar-refractivity contribution in [3.8, 4) is 56.5 Å². The Morgan fingerprint density at radius 2 is 1.06 bits per heavy atom. The molecule has 1 heterocycles. The minimum Gasteiger partial charge on any atom is -0.292 e. The quantitative estimate of drug-likeness (QED) is 0.175. The largest absolute Gasteiger partial charge is 0.292 e. The van der Waals surface area contributed by atoms with Crippen LogP contribution in [-0.4, -0.2) is 9.55 Å². The minimum atomic E-state index is -0.531. The van der Waals surface area contributed by atoms with E-state index in [0.29, 0.717) is 5.56 Å². The van der Waals surface area contributed by atoms with Crippen LogP contribution in [0.25, 0.3) is 61.5 Å². The van der Waals surface area contributed by atoms with Crippen molar-refractivity contribution in [2.45, 2.75) is 5.41 Å². The number of aromatic nitrogens is 2. The zero-order chi connectivity index (χ0) is 36.1. The van der Waals surface area contributed by atoms with Crippen molar-refractivity contribution in [1.29, 1.82) is 5.26 Å². The van der Waals surface area contributed by atoms with Gasteiger partial charge in [0.25, 0.3) is 0 Å². The first kappa shape index (κ1) is 31.5. The fraction of sp³-hybridized carbons (Fsp3) is 0.0196. The van der Waals surface area contributed by atoms with Crippen molar-refractivity contribution < 1.29 is 0 Å². The molecule has 0 fully saturated rings. The van der Waals surface area contributed by atoms with Crippen molar-refractivity contribution in [1.82, 2.24) is 9.55 Å². The molecular formula is C51H33N3. The molecule has 0 bridgehead atoms. The summed E-state index contributed by atoms with van der Waals surface area (Å²) in [5.41, 5.74) is 15.9. The smallest absolute Gasteiger partial charge is 0.145 e. The Morgan fingerprint density at radius 3 is 1.78 bits per heavy atom.